The van der Waals surface area contributed by atoms with Gasteiger partial charge in [-0.05, 0) is 29.3 Å². The Morgan fingerprint density at radius 1 is 0.815 bits per heavy atom. The fourth-order valence-electron chi connectivity index (χ4n) is 3.66. The van der Waals surface area contributed by atoms with Crippen LogP contribution in [0.25, 0.3) is 21.7 Å². The predicted octanol–water partition coefficient (Wildman–Crippen LogP) is 6.28. The largest absolute Gasteiger partial charge is 0.408 e. The van der Waals surface area contributed by atoms with Gasteiger partial charge in [0.1, 0.15) is 6.04 Å². The molecule has 0 fully saturated rings. The fraction of sp³-hybridized carbons (Fsp3) is 0.182. The summed E-state index contributed by atoms with van der Waals surface area (Å²) in [5, 5.41) is 5.37. The molecule has 0 aliphatic rings. The zero-order valence-electron chi connectivity index (χ0n) is 14.7. The van der Waals surface area contributed by atoms with Crippen LogP contribution in [0.2, 0.25) is 0 Å². The number of nitrogens with one attached hydrogen (secondary N) is 2. The summed E-state index contributed by atoms with van der Waals surface area (Å²) in [7, 11) is 0. The lowest BCUT2D eigenvalue weighted by molar-refractivity contribution is -0.159. The highest BCUT2D eigenvalue weighted by molar-refractivity contribution is 5.86. The van der Waals surface area contributed by atoms with Gasteiger partial charge < -0.3 is 4.98 Å². The highest BCUT2D eigenvalue weighted by atomic mass is 19.4. The summed E-state index contributed by atoms with van der Waals surface area (Å²) < 4.78 is 41.8. The number of para-hydroxylation sites is 1. The lowest BCUT2D eigenvalue weighted by Crippen LogP contribution is -2.35. The van der Waals surface area contributed by atoms with E-state index in [9.17, 15) is 13.2 Å². The van der Waals surface area contributed by atoms with E-state index < -0.39 is 18.3 Å². The number of rotatable bonds is 4. The second-order valence-corrected chi connectivity index (χ2v) is 6.72. The van der Waals surface area contributed by atoms with E-state index in [0.29, 0.717) is 10.9 Å². The van der Waals surface area contributed by atoms with Crippen LogP contribution < -0.4 is 5.32 Å². The average molecular weight is 368 g/mol. The minimum Gasteiger partial charge on any atom is -0.361 e. The smallest absolute Gasteiger partial charge is 0.361 e. The Labute approximate surface area is 155 Å². The standard InChI is InChI=1S/C22H19F3N2/c1-14(16-11-6-8-15-7-2-3-9-17(15)16)27-21(22(23,24)25)19-13-26-20-12-5-4-10-18(19)20/h2-14,21,26-27H,1H3/t14-,21?/m1/s1. The molecule has 2 nitrogen and oxygen atoms in total. The Morgan fingerprint density at radius 2 is 1.48 bits per heavy atom. The third kappa shape index (κ3) is 3.30. The molecule has 0 spiro atoms. The van der Waals surface area contributed by atoms with Gasteiger partial charge in [-0.3, -0.25) is 5.32 Å². The summed E-state index contributed by atoms with van der Waals surface area (Å²) in [6.45, 7) is 1.77. The Hall–Kier alpha value is -2.79. The molecule has 2 atom stereocenters. The lowest BCUT2D eigenvalue weighted by Gasteiger charge is -2.26. The SMILES string of the molecule is C[C@@H](NC(c1c[nH]c2ccccc12)C(F)(F)F)c1cccc2ccccc12. The highest BCUT2D eigenvalue weighted by Gasteiger charge is 2.42. The molecule has 5 heteroatoms. The van der Waals surface area contributed by atoms with Crippen LogP contribution in [0.3, 0.4) is 0 Å². The van der Waals surface area contributed by atoms with E-state index in [-0.39, 0.29) is 5.56 Å². The van der Waals surface area contributed by atoms with Gasteiger partial charge in [-0.1, -0.05) is 60.7 Å². The van der Waals surface area contributed by atoms with Crippen molar-refractivity contribution in [1.29, 1.82) is 0 Å². The lowest BCUT2D eigenvalue weighted by atomic mass is 9.97. The zero-order valence-corrected chi connectivity index (χ0v) is 14.7. The van der Waals surface area contributed by atoms with Gasteiger partial charge in [-0.15, -0.1) is 0 Å². The molecular weight excluding hydrogens is 349 g/mol. The number of halogens is 3. The molecule has 4 rings (SSSR count). The average Bonchev–Trinajstić information content (AvgIpc) is 3.08. The minimum absolute atomic E-state index is 0.213. The molecule has 0 aliphatic heterocycles. The molecule has 0 amide bonds. The molecule has 27 heavy (non-hydrogen) atoms. The summed E-state index contributed by atoms with van der Waals surface area (Å²) in [4.78, 5) is 2.94. The van der Waals surface area contributed by atoms with Crippen molar-refractivity contribution in [1.82, 2.24) is 10.3 Å². The van der Waals surface area contributed by atoms with Gasteiger partial charge in [0, 0.05) is 28.7 Å². The zero-order chi connectivity index (χ0) is 19.0. The molecule has 0 saturated carbocycles. The van der Waals surface area contributed by atoms with Crippen molar-refractivity contribution in [3.63, 3.8) is 0 Å². The van der Waals surface area contributed by atoms with Crippen molar-refractivity contribution >= 4 is 21.7 Å². The second-order valence-electron chi connectivity index (χ2n) is 6.72. The first-order chi connectivity index (χ1) is 12.9. The van der Waals surface area contributed by atoms with E-state index in [1.165, 1.54) is 6.20 Å². The van der Waals surface area contributed by atoms with Crippen molar-refractivity contribution in [2.75, 3.05) is 0 Å². The van der Waals surface area contributed by atoms with E-state index in [1.807, 2.05) is 42.5 Å². The number of hydrogen-bond donors (Lipinski definition) is 2. The van der Waals surface area contributed by atoms with Gasteiger partial charge in [0.2, 0.25) is 0 Å². The third-order valence-electron chi connectivity index (χ3n) is 4.97. The van der Waals surface area contributed by atoms with Crippen LogP contribution in [0.4, 0.5) is 13.2 Å². The summed E-state index contributed by atoms with van der Waals surface area (Å²) >= 11 is 0. The van der Waals surface area contributed by atoms with Crippen LogP contribution >= 0.6 is 0 Å². The molecule has 0 bridgehead atoms. The highest BCUT2D eigenvalue weighted by Crippen LogP contribution is 2.38. The van der Waals surface area contributed by atoms with E-state index in [0.717, 1.165) is 16.3 Å². The molecule has 1 aromatic heterocycles. The monoisotopic (exact) mass is 368 g/mol. The molecule has 2 N–H and O–H groups in total. The number of fused-ring (bicyclic) bond motifs is 2. The number of benzene rings is 3. The van der Waals surface area contributed by atoms with Crippen molar-refractivity contribution in [3.8, 4) is 0 Å². The normalized spacial score (nSPS) is 14.5. The van der Waals surface area contributed by atoms with Gasteiger partial charge >= 0.3 is 6.18 Å². The number of alkyl halides is 3. The quantitative estimate of drug-likeness (QED) is 0.436. The van der Waals surface area contributed by atoms with Crippen LogP contribution in [0.15, 0.2) is 72.9 Å². The Kier molecular flexibility index (Phi) is 4.40. The Bertz CT molecular complexity index is 1080. The third-order valence-corrected chi connectivity index (χ3v) is 4.97. The van der Waals surface area contributed by atoms with Crippen LogP contribution in [-0.4, -0.2) is 11.2 Å². The van der Waals surface area contributed by atoms with Crippen molar-refractivity contribution in [2.24, 2.45) is 0 Å². The fourth-order valence-corrected chi connectivity index (χ4v) is 3.66. The summed E-state index contributed by atoms with van der Waals surface area (Å²) in [5.74, 6) is 0. The molecule has 4 aromatic rings. The van der Waals surface area contributed by atoms with Gasteiger partial charge in [-0.2, -0.15) is 13.2 Å². The van der Waals surface area contributed by atoms with Crippen molar-refractivity contribution in [3.05, 3.63) is 84.1 Å². The van der Waals surface area contributed by atoms with Crippen molar-refractivity contribution in [2.45, 2.75) is 25.2 Å². The number of aromatic nitrogens is 1. The molecule has 1 unspecified atom stereocenters. The molecule has 0 aliphatic carbocycles. The summed E-state index contributed by atoms with van der Waals surface area (Å²) in [6.07, 6.45) is -2.96. The van der Waals surface area contributed by atoms with Crippen LogP contribution in [-0.2, 0) is 0 Å². The molecule has 3 aromatic carbocycles. The van der Waals surface area contributed by atoms with Gasteiger partial charge in [0.25, 0.3) is 0 Å². The van der Waals surface area contributed by atoms with Gasteiger partial charge in [0.15, 0.2) is 0 Å². The first kappa shape index (κ1) is 17.6. The van der Waals surface area contributed by atoms with Crippen LogP contribution in [0, 0.1) is 0 Å². The maximum atomic E-state index is 13.9. The predicted molar refractivity (Wildman–Crippen MR) is 103 cm³/mol. The maximum absolute atomic E-state index is 13.9. The molecular formula is C22H19F3N2. The van der Waals surface area contributed by atoms with Crippen molar-refractivity contribution < 1.29 is 13.2 Å². The van der Waals surface area contributed by atoms with E-state index in [4.69, 9.17) is 0 Å². The van der Waals surface area contributed by atoms with Crippen LogP contribution in [0.1, 0.15) is 30.1 Å². The van der Waals surface area contributed by atoms with Gasteiger partial charge in [0.05, 0.1) is 0 Å². The molecule has 1 heterocycles. The Balaban J connectivity index is 1.74. The minimum atomic E-state index is -4.41. The van der Waals surface area contributed by atoms with Crippen LogP contribution in [0.5, 0.6) is 0 Å². The number of H-pyrrole nitrogens is 1. The van der Waals surface area contributed by atoms with E-state index in [2.05, 4.69) is 10.3 Å². The maximum Gasteiger partial charge on any atom is 0.408 e. The topological polar surface area (TPSA) is 27.8 Å². The Morgan fingerprint density at radius 3 is 2.26 bits per heavy atom. The molecule has 0 radical (unpaired) electrons. The number of aromatic amines is 1. The van der Waals surface area contributed by atoms with Gasteiger partial charge in [-0.25, -0.2) is 0 Å². The number of hydrogen-bond acceptors (Lipinski definition) is 1. The summed E-state index contributed by atoms with van der Waals surface area (Å²) in [6, 6.07) is 18.3. The summed E-state index contributed by atoms with van der Waals surface area (Å²) in [5.41, 5.74) is 1.76. The second kappa shape index (κ2) is 6.74. The first-order valence-corrected chi connectivity index (χ1v) is 8.81. The van der Waals surface area contributed by atoms with E-state index >= 15 is 0 Å². The molecule has 138 valence electrons. The molecule has 0 saturated heterocycles. The van der Waals surface area contributed by atoms with E-state index in [1.54, 1.807) is 31.2 Å². The first-order valence-electron chi connectivity index (χ1n) is 8.81.